The van der Waals surface area contributed by atoms with Gasteiger partial charge in [0.15, 0.2) is 0 Å². The van der Waals surface area contributed by atoms with Gasteiger partial charge in [0.25, 0.3) is 5.91 Å². The van der Waals surface area contributed by atoms with Gasteiger partial charge in [0.2, 0.25) is 0 Å². The van der Waals surface area contributed by atoms with Crippen LogP contribution in [-0.2, 0) is 6.54 Å². The van der Waals surface area contributed by atoms with Crippen molar-refractivity contribution in [2.24, 2.45) is 0 Å². The molecule has 0 saturated carbocycles. The van der Waals surface area contributed by atoms with Gasteiger partial charge in [-0.2, -0.15) is 0 Å². The van der Waals surface area contributed by atoms with Crippen molar-refractivity contribution < 1.29 is 4.79 Å². The molecule has 5 heteroatoms. The smallest absolute Gasteiger partial charge is 0.255 e. The molecule has 2 aromatic heterocycles. The topological polar surface area (TPSA) is 66.9 Å². The molecule has 19 heavy (non-hydrogen) atoms. The first-order chi connectivity index (χ1) is 9.20. The molecule has 0 atom stereocenters. The Balaban J connectivity index is 2.03. The van der Waals surface area contributed by atoms with Gasteiger partial charge in [-0.05, 0) is 24.6 Å². The summed E-state index contributed by atoms with van der Waals surface area (Å²) in [6, 6.07) is 5.64. The van der Waals surface area contributed by atoms with Gasteiger partial charge in [-0.15, -0.1) is 0 Å². The van der Waals surface area contributed by atoms with Gasteiger partial charge < -0.3 is 10.6 Å². The Kier molecular flexibility index (Phi) is 4.07. The lowest BCUT2D eigenvalue weighted by Crippen LogP contribution is -2.24. The molecule has 2 heterocycles. The van der Waals surface area contributed by atoms with Crippen LogP contribution in [0.4, 0.5) is 5.69 Å². The minimum Gasteiger partial charge on any atom is -0.387 e. The fourth-order valence-electron chi connectivity index (χ4n) is 1.67. The minimum atomic E-state index is -0.155. The van der Waals surface area contributed by atoms with E-state index in [1.54, 1.807) is 31.7 Å². The van der Waals surface area contributed by atoms with E-state index in [1.807, 2.05) is 19.1 Å². The highest BCUT2D eigenvalue weighted by molar-refractivity contribution is 5.99. The van der Waals surface area contributed by atoms with Crippen molar-refractivity contribution >= 4 is 11.6 Å². The number of rotatable bonds is 4. The summed E-state index contributed by atoms with van der Waals surface area (Å²) < 4.78 is 0. The number of hydrogen-bond donors (Lipinski definition) is 2. The molecule has 2 aromatic rings. The summed E-state index contributed by atoms with van der Waals surface area (Å²) in [7, 11) is 1.77. The van der Waals surface area contributed by atoms with Crippen molar-refractivity contribution in [1.29, 1.82) is 0 Å². The molecule has 2 N–H and O–H groups in total. The van der Waals surface area contributed by atoms with Gasteiger partial charge in [0, 0.05) is 43.6 Å². The molecule has 1 amide bonds. The van der Waals surface area contributed by atoms with Gasteiger partial charge in [-0.3, -0.25) is 14.8 Å². The Morgan fingerprint density at radius 2 is 2.11 bits per heavy atom. The number of carbonyl (C=O) groups excluding carboxylic acids is 1. The summed E-state index contributed by atoms with van der Waals surface area (Å²) >= 11 is 0. The van der Waals surface area contributed by atoms with Crippen LogP contribution in [0.2, 0.25) is 0 Å². The van der Waals surface area contributed by atoms with Gasteiger partial charge in [-0.1, -0.05) is 6.07 Å². The lowest BCUT2D eigenvalue weighted by molar-refractivity contribution is 0.0951. The van der Waals surface area contributed by atoms with Crippen LogP contribution in [0, 0.1) is 6.92 Å². The highest BCUT2D eigenvalue weighted by atomic mass is 16.1. The SMILES string of the molecule is CNc1ccncc1C(=O)NCc1ccc(C)nc1. The molecule has 0 aliphatic carbocycles. The number of aromatic nitrogens is 2. The summed E-state index contributed by atoms with van der Waals surface area (Å²) in [5.74, 6) is -0.155. The second kappa shape index (κ2) is 5.95. The van der Waals surface area contributed by atoms with Crippen molar-refractivity contribution in [1.82, 2.24) is 15.3 Å². The lowest BCUT2D eigenvalue weighted by atomic mass is 10.2. The molecule has 0 aromatic carbocycles. The monoisotopic (exact) mass is 256 g/mol. The second-order valence-corrected chi connectivity index (χ2v) is 4.16. The average Bonchev–Trinajstić information content (AvgIpc) is 2.46. The summed E-state index contributed by atoms with van der Waals surface area (Å²) in [4.78, 5) is 20.2. The molecule has 2 rings (SSSR count). The number of nitrogens with one attached hydrogen (secondary N) is 2. The molecule has 0 aliphatic heterocycles. The first-order valence-electron chi connectivity index (χ1n) is 6.02. The lowest BCUT2D eigenvalue weighted by Gasteiger charge is -2.09. The van der Waals surface area contributed by atoms with Crippen LogP contribution in [0.15, 0.2) is 36.8 Å². The number of carbonyl (C=O) groups is 1. The van der Waals surface area contributed by atoms with Gasteiger partial charge in [0.05, 0.1) is 5.56 Å². The van der Waals surface area contributed by atoms with E-state index in [9.17, 15) is 4.79 Å². The maximum Gasteiger partial charge on any atom is 0.255 e. The summed E-state index contributed by atoms with van der Waals surface area (Å²) in [5.41, 5.74) is 3.22. The van der Waals surface area contributed by atoms with Crippen LogP contribution in [0.3, 0.4) is 0 Å². The fraction of sp³-hybridized carbons (Fsp3) is 0.214. The third-order valence-corrected chi connectivity index (χ3v) is 2.76. The first-order valence-corrected chi connectivity index (χ1v) is 6.02. The van der Waals surface area contributed by atoms with Crippen molar-refractivity contribution in [2.75, 3.05) is 12.4 Å². The van der Waals surface area contributed by atoms with Crippen LogP contribution >= 0.6 is 0 Å². The van der Waals surface area contributed by atoms with E-state index in [-0.39, 0.29) is 5.91 Å². The molecule has 0 radical (unpaired) electrons. The summed E-state index contributed by atoms with van der Waals surface area (Å²) in [5, 5.41) is 5.82. The Morgan fingerprint density at radius 3 is 2.79 bits per heavy atom. The number of anilines is 1. The zero-order valence-electron chi connectivity index (χ0n) is 11.0. The molecule has 5 nitrogen and oxygen atoms in total. The Hall–Kier alpha value is -2.43. The number of amides is 1. The zero-order valence-corrected chi connectivity index (χ0v) is 11.0. The number of aryl methyl sites for hydroxylation is 1. The van der Waals surface area contributed by atoms with Crippen LogP contribution < -0.4 is 10.6 Å². The van der Waals surface area contributed by atoms with Gasteiger partial charge in [0.1, 0.15) is 0 Å². The largest absolute Gasteiger partial charge is 0.387 e. The average molecular weight is 256 g/mol. The predicted octanol–water partition coefficient (Wildman–Crippen LogP) is 1.76. The van der Waals surface area contributed by atoms with E-state index in [4.69, 9.17) is 0 Å². The van der Waals surface area contributed by atoms with Crippen molar-refractivity contribution in [3.63, 3.8) is 0 Å². The molecule has 0 bridgehead atoms. The van der Waals surface area contributed by atoms with E-state index in [0.717, 1.165) is 16.9 Å². The predicted molar refractivity (Wildman–Crippen MR) is 73.9 cm³/mol. The number of hydrogen-bond acceptors (Lipinski definition) is 4. The molecular formula is C14H16N4O. The number of nitrogens with zero attached hydrogens (tertiary/aromatic N) is 2. The standard InChI is InChI=1S/C14H16N4O/c1-10-3-4-11(7-17-10)8-18-14(19)12-9-16-6-5-13(12)15-2/h3-7,9H,8H2,1-2H3,(H,15,16)(H,18,19). The molecule has 98 valence electrons. The highest BCUT2D eigenvalue weighted by Crippen LogP contribution is 2.12. The Bertz CT molecular complexity index is 566. The number of pyridine rings is 2. The third kappa shape index (κ3) is 3.28. The summed E-state index contributed by atoms with van der Waals surface area (Å²) in [6.45, 7) is 2.38. The third-order valence-electron chi connectivity index (χ3n) is 2.76. The molecule has 0 spiro atoms. The van der Waals surface area contributed by atoms with E-state index < -0.39 is 0 Å². The van der Waals surface area contributed by atoms with Crippen LogP contribution in [0.5, 0.6) is 0 Å². The van der Waals surface area contributed by atoms with Crippen LogP contribution in [-0.4, -0.2) is 22.9 Å². The molecular weight excluding hydrogens is 240 g/mol. The summed E-state index contributed by atoms with van der Waals surface area (Å²) in [6.07, 6.45) is 4.96. The Labute approximate surface area is 112 Å². The quantitative estimate of drug-likeness (QED) is 0.874. The highest BCUT2D eigenvalue weighted by Gasteiger charge is 2.10. The molecule has 0 aliphatic rings. The first kappa shape index (κ1) is 13.0. The fourth-order valence-corrected chi connectivity index (χ4v) is 1.67. The zero-order chi connectivity index (χ0) is 13.7. The van der Waals surface area contributed by atoms with Crippen molar-refractivity contribution in [3.8, 4) is 0 Å². The molecule has 0 fully saturated rings. The maximum absolute atomic E-state index is 12.1. The van der Waals surface area contributed by atoms with Crippen molar-refractivity contribution in [2.45, 2.75) is 13.5 Å². The van der Waals surface area contributed by atoms with E-state index >= 15 is 0 Å². The normalized spacial score (nSPS) is 10.0. The van der Waals surface area contributed by atoms with Crippen LogP contribution in [0.25, 0.3) is 0 Å². The van der Waals surface area contributed by atoms with Gasteiger partial charge >= 0.3 is 0 Å². The van der Waals surface area contributed by atoms with Gasteiger partial charge in [-0.25, -0.2) is 0 Å². The Morgan fingerprint density at radius 1 is 1.26 bits per heavy atom. The van der Waals surface area contributed by atoms with E-state index in [0.29, 0.717) is 12.1 Å². The van der Waals surface area contributed by atoms with E-state index in [2.05, 4.69) is 20.6 Å². The van der Waals surface area contributed by atoms with Crippen molar-refractivity contribution in [3.05, 3.63) is 53.6 Å². The van der Waals surface area contributed by atoms with Crippen LogP contribution in [0.1, 0.15) is 21.6 Å². The molecule has 0 unspecified atom stereocenters. The maximum atomic E-state index is 12.1. The second-order valence-electron chi connectivity index (χ2n) is 4.16. The van der Waals surface area contributed by atoms with E-state index in [1.165, 1.54) is 0 Å². The molecule has 0 saturated heterocycles. The minimum absolute atomic E-state index is 0.155.